The van der Waals surface area contributed by atoms with Crippen LogP contribution in [0.25, 0.3) is 0 Å². The van der Waals surface area contributed by atoms with Crippen LogP contribution >= 0.6 is 0 Å². The first kappa shape index (κ1) is 12.0. The van der Waals surface area contributed by atoms with Gasteiger partial charge in [0.25, 0.3) is 5.91 Å². The molecule has 0 aliphatic carbocycles. The molecule has 0 saturated carbocycles. The van der Waals surface area contributed by atoms with Crippen molar-refractivity contribution in [3.8, 4) is 5.75 Å². The van der Waals surface area contributed by atoms with E-state index in [1.807, 2.05) is 0 Å². The zero-order valence-electron chi connectivity index (χ0n) is 8.44. The number of primary amides is 1. The van der Waals surface area contributed by atoms with Crippen molar-refractivity contribution in [2.45, 2.75) is 13.0 Å². The van der Waals surface area contributed by atoms with Gasteiger partial charge in [0.15, 0.2) is 6.10 Å². The number of hydrogen-bond acceptors (Lipinski definition) is 3. The Morgan fingerprint density at radius 2 is 2.12 bits per heavy atom. The summed E-state index contributed by atoms with van der Waals surface area (Å²) in [5.41, 5.74) is 4.60. The number of rotatable bonds is 4. The third kappa shape index (κ3) is 2.69. The lowest BCUT2D eigenvalue weighted by Crippen LogP contribution is -2.31. The average molecular weight is 227 g/mol. The molecule has 1 atom stereocenters. The molecule has 1 rings (SSSR count). The molecule has 0 aliphatic rings. The van der Waals surface area contributed by atoms with Crippen molar-refractivity contribution in [1.82, 2.24) is 0 Å². The fraction of sp³-hybridized carbons (Fsp3) is 0.200. The number of carbonyl (C=O) groups is 2. The van der Waals surface area contributed by atoms with Crippen LogP contribution in [0.2, 0.25) is 0 Å². The second kappa shape index (κ2) is 4.61. The second-order valence-electron chi connectivity index (χ2n) is 3.11. The maximum atomic E-state index is 12.8. The molecular formula is C10H10FNO4. The van der Waals surface area contributed by atoms with Gasteiger partial charge in [-0.25, -0.2) is 9.18 Å². The SMILES string of the molecule is CC(Oc1ccc(F)cc1C(=O)O)C(N)=O. The number of benzene rings is 1. The van der Waals surface area contributed by atoms with E-state index in [2.05, 4.69) is 0 Å². The minimum absolute atomic E-state index is 0.0970. The van der Waals surface area contributed by atoms with Crippen molar-refractivity contribution in [2.24, 2.45) is 5.73 Å². The van der Waals surface area contributed by atoms with Gasteiger partial charge in [0.1, 0.15) is 17.1 Å². The summed E-state index contributed by atoms with van der Waals surface area (Å²) in [5, 5.41) is 8.78. The highest BCUT2D eigenvalue weighted by Gasteiger charge is 2.17. The fourth-order valence-corrected chi connectivity index (χ4v) is 1.02. The summed E-state index contributed by atoms with van der Waals surface area (Å²) in [4.78, 5) is 21.5. The number of carboxylic acids is 1. The van der Waals surface area contributed by atoms with E-state index in [9.17, 15) is 14.0 Å². The number of carboxylic acid groups (broad SMARTS) is 1. The Balaban J connectivity index is 3.04. The molecule has 0 radical (unpaired) electrons. The van der Waals surface area contributed by atoms with Crippen molar-refractivity contribution in [3.05, 3.63) is 29.6 Å². The molecule has 0 aromatic heterocycles. The zero-order valence-corrected chi connectivity index (χ0v) is 8.44. The lowest BCUT2D eigenvalue weighted by Gasteiger charge is -2.13. The van der Waals surface area contributed by atoms with E-state index < -0.39 is 23.8 Å². The molecule has 86 valence electrons. The molecule has 1 aromatic rings. The zero-order chi connectivity index (χ0) is 12.3. The molecule has 1 unspecified atom stereocenters. The van der Waals surface area contributed by atoms with Gasteiger partial charge in [-0.15, -0.1) is 0 Å². The number of aromatic carboxylic acids is 1. The van der Waals surface area contributed by atoms with Crippen LogP contribution in [0, 0.1) is 5.82 Å². The first-order valence-electron chi connectivity index (χ1n) is 4.40. The maximum Gasteiger partial charge on any atom is 0.339 e. The number of amides is 1. The van der Waals surface area contributed by atoms with Crippen molar-refractivity contribution in [1.29, 1.82) is 0 Å². The lowest BCUT2D eigenvalue weighted by molar-refractivity contribution is -0.124. The van der Waals surface area contributed by atoms with E-state index >= 15 is 0 Å². The van der Waals surface area contributed by atoms with Crippen LogP contribution in [0.5, 0.6) is 5.75 Å². The van der Waals surface area contributed by atoms with E-state index in [1.54, 1.807) is 0 Å². The quantitative estimate of drug-likeness (QED) is 0.795. The van der Waals surface area contributed by atoms with E-state index in [0.29, 0.717) is 0 Å². The third-order valence-corrected chi connectivity index (χ3v) is 1.88. The predicted molar refractivity (Wildman–Crippen MR) is 52.6 cm³/mol. The molecular weight excluding hydrogens is 217 g/mol. The fourth-order valence-electron chi connectivity index (χ4n) is 1.02. The minimum Gasteiger partial charge on any atom is -0.480 e. The van der Waals surface area contributed by atoms with Crippen molar-refractivity contribution < 1.29 is 23.8 Å². The average Bonchev–Trinajstić information content (AvgIpc) is 2.20. The molecule has 1 aromatic carbocycles. The van der Waals surface area contributed by atoms with Gasteiger partial charge in [-0.2, -0.15) is 0 Å². The molecule has 16 heavy (non-hydrogen) atoms. The first-order valence-corrected chi connectivity index (χ1v) is 4.40. The molecule has 5 nitrogen and oxygen atoms in total. The van der Waals surface area contributed by atoms with Gasteiger partial charge in [-0.3, -0.25) is 4.79 Å². The summed E-state index contributed by atoms with van der Waals surface area (Å²) in [6, 6.07) is 2.99. The molecule has 0 heterocycles. The van der Waals surface area contributed by atoms with Crippen molar-refractivity contribution >= 4 is 11.9 Å². The maximum absolute atomic E-state index is 12.8. The Morgan fingerprint density at radius 1 is 1.50 bits per heavy atom. The summed E-state index contributed by atoms with van der Waals surface area (Å²) in [5.74, 6) is -2.87. The summed E-state index contributed by atoms with van der Waals surface area (Å²) in [7, 11) is 0. The van der Waals surface area contributed by atoms with Gasteiger partial charge in [0.2, 0.25) is 0 Å². The van der Waals surface area contributed by atoms with Gasteiger partial charge < -0.3 is 15.6 Å². The number of carbonyl (C=O) groups excluding carboxylic acids is 1. The standard InChI is InChI=1S/C10H10FNO4/c1-5(9(12)13)16-8-3-2-6(11)4-7(8)10(14)15/h2-5H,1H3,(H2,12,13)(H,14,15). The smallest absolute Gasteiger partial charge is 0.339 e. The Hall–Kier alpha value is -2.11. The molecule has 0 bridgehead atoms. The van der Waals surface area contributed by atoms with Crippen molar-refractivity contribution in [3.63, 3.8) is 0 Å². The van der Waals surface area contributed by atoms with Crippen LogP contribution in [0.15, 0.2) is 18.2 Å². The molecule has 0 spiro atoms. The van der Waals surface area contributed by atoms with E-state index in [-0.39, 0.29) is 11.3 Å². The summed E-state index contributed by atoms with van der Waals surface area (Å²) >= 11 is 0. The van der Waals surface area contributed by atoms with Crippen LogP contribution in [0.4, 0.5) is 4.39 Å². The van der Waals surface area contributed by atoms with Crippen molar-refractivity contribution in [2.75, 3.05) is 0 Å². The van der Waals surface area contributed by atoms with E-state index in [1.165, 1.54) is 6.92 Å². The number of hydrogen-bond donors (Lipinski definition) is 2. The first-order chi connectivity index (χ1) is 7.41. The normalized spacial score (nSPS) is 11.9. The van der Waals surface area contributed by atoms with Crippen LogP contribution in [0.3, 0.4) is 0 Å². The number of nitrogens with two attached hydrogens (primary N) is 1. The Bertz CT molecular complexity index is 433. The molecule has 1 amide bonds. The number of ether oxygens (including phenoxy) is 1. The highest BCUT2D eigenvalue weighted by molar-refractivity contribution is 5.91. The van der Waals surface area contributed by atoms with Gasteiger partial charge >= 0.3 is 5.97 Å². The van der Waals surface area contributed by atoms with Gasteiger partial charge in [-0.05, 0) is 25.1 Å². The van der Waals surface area contributed by atoms with Gasteiger partial charge in [0, 0.05) is 0 Å². The van der Waals surface area contributed by atoms with Crippen LogP contribution < -0.4 is 10.5 Å². The molecule has 3 N–H and O–H groups in total. The monoisotopic (exact) mass is 227 g/mol. The number of halogens is 1. The molecule has 0 saturated heterocycles. The van der Waals surface area contributed by atoms with Gasteiger partial charge in [-0.1, -0.05) is 0 Å². The van der Waals surface area contributed by atoms with E-state index in [4.69, 9.17) is 15.6 Å². The highest BCUT2D eigenvalue weighted by Crippen LogP contribution is 2.20. The van der Waals surface area contributed by atoms with Crippen LogP contribution in [0.1, 0.15) is 17.3 Å². The lowest BCUT2D eigenvalue weighted by atomic mass is 10.2. The Labute approximate surface area is 90.6 Å². The third-order valence-electron chi connectivity index (χ3n) is 1.88. The van der Waals surface area contributed by atoms with Gasteiger partial charge in [0.05, 0.1) is 0 Å². The molecule has 0 aliphatic heterocycles. The summed E-state index contributed by atoms with van der Waals surface area (Å²) in [6.45, 7) is 1.37. The largest absolute Gasteiger partial charge is 0.480 e. The second-order valence-corrected chi connectivity index (χ2v) is 3.11. The summed E-state index contributed by atoms with van der Waals surface area (Å²) in [6.07, 6.45) is -0.983. The van der Waals surface area contributed by atoms with Crippen LogP contribution in [-0.2, 0) is 4.79 Å². The Morgan fingerprint density at radius 3 is 2.62 bits per heavy atom. The van der Waals surface area contributed by atoms with Crippen LogP contribution in [-0.4, -0.2) is 23.1 Å². The highest BCUT2D eigenvalue weighted by atomic mass is 19.1. The minimum atomic E-state index is -1.34. The topological polar surface area (TPSA) is 89.6 Å². The van der Waals surface area contributed by atoms with E-state index in [0.717, 1.165) is 18.2 Å². The molecule has 6 heteroatoms. The Kier molecular flexibility index (Phi) is 3.44. The molecule has 0 fully saturated rings. The summed E-state index contributed by atoms with van der Waals surface area (Å²) < 4.78 is 17.8. The predicted octanol–water partition coefficient (Wildman–Crippen LogP) is 0.777.